The second-order valence-corrected chi connectivity index (χ2v) is 10.2. The molecule has 0 fully saturated rings. The van der Waals surface area contributed by atoms with E-state index in [0.717, 1.165) is 44.9 Å². The standard InChI is InChI=1S/C25H28BrN3O3S2/c1-3-5-9-12-32-24-20(26)13-18(14-22(24)31-4-2)15-27-29-23(30)17-34-25-28-21(16-33-25)19-10-7-6-8-11-19/h6-8,10-11,13-16H,3-5,9,12,17H2,1-2H3,(H,29,30)/b27-15+. The van der Waals surface area contributed by atoms with Gasteiger partial charge in [0.1, 0.15) is 0 Å². The van der Waals surface area contributed by atoms with E-state index in [-0.39, 0.29) is 11.7 Å². The number of nitrogens with one attached hydrogen (secondary N) is 1. The third-order valence-electron chi connectivity index (χ3n) is 4.61. The lowest BCUT2D eigenvalue weighted by molar-refractivity contribution is -0.118. The molecule has 3 aromatic rings. The topological polar surface area (TPSA) is 72.8 Å². The molecular formula is C25H28BrN3O3S2. The molecule has 1 amide bonds. The van der Waals surface area contributed by atoms with Crippen LogP contribution in [0.5, 0.6) is 11.5 Å². The zero-order valence-electron chi connectivity index (χ0n) is 19.3. The molecule has 0 saturated heterocycles. The Hall–Kier alpha value is -2.36. The number of hydrogen-bond acceptors (Lipinski definition) is 7. The van der Waals surface area contributed by atoms with E-state index in [0.29, 0.717) is 24.7 Å². The number of benzene rings is 2. The quantitative estimate of drug-likeness (QED) is 0.108. The second kappa shape index (κ2) is 14.1. The maximum absolute atomic E-state index is 12.2. The van der Waals surface area contributed by atoms with Gasteiger partial charge in [-0.15, -0.1) is 11.3 Å². The van der Waals surface area contributed by atoms with E-state index in [1.54, 1.807) is 6.21 Å². The Bertz CT molecular complexity index is 1090. The first-order valence-electron chi connectivity index (χ1n) is 11.2. The third-order valence-corrected chi connectivity index (χ3v) is 7.22. The zero-order chi connectivity index (χ0) is 24.2. The minimum atomic E-state index is -0.197. The summed E-state index contributed by atoms with van der Waals surface area (Å²) in [6, 6.07) is 13.7. The van der Waals surface area contributed by atoms with Crippen molar-refractivity contribution in [3.8, 4) is 22.8 Å². The molecule has 0 spiro atoms. The van der Waals surface area contributed by atoms with Crippen LogP contribution in [0.4, 0.5) is 0 Å². The molecule has 6 nitrogen and oxygen atoms in total. The molecule has 1 aromatic heterocycles. The number of aromatic nitrogens is 1. The Kier molecular flexibility index (Phi) is 10.9. The Morgan fingerprint density at radius 1 is 1.21 bits per heavy atom. The van der Waals surface area contributed by atoms with Crippen molar-refractivity contribution < 1.29 is 14.3 Å². The molecule has 0 aliphatic rings. The summed E-state index contributed by atoms with van der Waals surface area (Å²) in [5, 5.41) is 6.09. The molecule has 9 heteroatoms. The molecular weight excluding hydrogens is 534 g/mol. The summed E-state index contributed by atoms with van der Waals surface area (Å²) in [6.07, 6.45) is 4.85. The van der Waals surface area contributed by atoms with E-state index in [2.05, 4.69) is 38.4 Å². The lowest BCUT2D eigenvalue weighted by atomic mass is 10.2. The average molecular weight is 563 g/mol. The van der Waals surface area contributed by atoms with Crippen LogP contribution < -0.4 is 14.9 Å². The van der Waals surface area contributed by atoms with Crippen LogP contribution in [0.2, 0.25) is 0 Å². The summed E-state index contributed by atoms with van der Waals surface area (Å²) in [5.74, 6) is 1.37. The van der Waals surface area contributed by atoms with Gasteiger partial charge in [-0.1, -0.05) is 61.9 Å². The van der Waals surface area contributed by atoms with Crippen molar-refractivity contribution in [3.05, 3.63) is 57.9 Å². The van der Waals surface area contributed by atoms with Crippen LogP contribution >= 0.6 is 39.0 Å². The van der Waals surface area contributed by atoms with Gasteiger partial charge in [0.15, 0.2) is 15.8 Å². The number of carbonyl (C=O) groups is 1. The second-order valence-electron chi connectivity index (χ2n) is 7.27. The van der Waals surface area contributed by atoms with Gasteiger partial charge in [0.25, 0.3) is 5.91 Å². The summed E-state index contributed by atoms with van der Waals surface area (Å²) >= 11 is 6.48. The molecule has 34 heavy (non-hydrogen) atoms. The van der Waals surface area contributed by atoms with Gasteiger partial charge in [-0.25, -0.2) is 10.4 Å². The fraction of sp³-hybridized carbons (Fsp3) is 0.320. The van der Waals surface area contributed by atoms with Crippen molar-refractivity contribution in [2.24, 2.45) is 5.10 Å². The van der Waals surface area contributed by atoms with E-state index in [9.17, 15) is 4.79 Å². The van der Waals surface area contributed by atoms with Crippen molar-refractivity contribution in [3.63, 3.8) is 0 Å². The minimum Gasteiger partial charge on any atom is -0.490 e. The smallest absolute Gasteiger partial charge is 0.250 e. The summed E-state index contributed by atoms with van der Waals surface area (Å²) in [4.78, 5) is 16.8. The van der Waals surface area contributed by atoms with Crippen LogP contribution in [0.15, 0.2) is 61.8 Å². The number of carbonyl (C=O) groups excluding carboxylic acids is 1. The van der Waals surface area contributed by atoms with E-state index in [4.69, 9.17) is 9.47 Å². The highest BCUT2D eigenvalue weighted by atomic mass is 79.9. The number of hydrazone groups is 1. The molecule has 0 radical (unpaired) electrons. The molecule has 1 N–H and O–H groups in total. The molecule has 1 heterocycles. The highest BCUT2D eigenvalue weighted by Gasteiger charge is 2.12. The molecule has 0 aliphatic heterocycles. The van der Waals surface area contributed by atoms with Gasteiger partial charge in [0.05, 0.1) is 35.3 Å². The predicted molar refractivity (Wildman–Crippen MR) is 144 cm³/mol. The Labute approximate surface area is 217 Å². The number of hydrogen-bond donors (Lipinski definition) is 1. The predicted octanol–water partition coefficient (Wildman–Crippen LogP) is 6.78. The summed E-state index contributed by atoms with van der Waals surface area (Å²) in [5.41, 5.74) is 5.34. The fourth-order valence-electron chi connectivity index (χ4n) is 3.00. The van der Waals surface area contributed by atoms with Gasteiger partial charge in [-0.3, -0.25) is 4.79 Å². The lowest BCUT2D eigenvalue weighted by Crippen LogP contribution is -2.19. The first kappa shape index (κ1) is 26.2. The van der Waals surface area contributed by atoms with Gasteiger partial charge in [-0.2, -0.15) is 5.10 Å². The third kappa shape index (κ3) is 8.14. The van der Waals surface area contributed by atoms with E-state index in [1.165, 1.54) is 23.1 Å². The van der Waals surface area contributed by atoms with E-state index in [1.807, 2.05) is 54.8 Å². The number of thiazole rings is 1. The van der Waals surface area contributed by atoms with Crippen LogP contribution in [0, 0.1) is 0 Å². The van der Waals surface area contributed by atoms with Gasteiger partial charge >= 0.3 is 0 Å². The molecule has 0 atom stereocenters. The SMILES string of the molecule is CCCCCOc1c(Br)cc(/C=N/NC(=O)CSc2nc(-c3ccccc3)cs2)cc1OCC. The van der Waals surface area contributed by atoms with Crippen molar-refractivity contribution >= 4 is 51.2 Å². The molecule has 0 unspecified atom stereocenters. The highest BCUT2D eigenvalue weighted by Crippen LogP contribution is 2.36. The Morgan fingerprint density at radius 2 is 2.03 bits per heavy atom. The van der Waals surface area contributed by atoms with Gasteiger partial charge in [0, 0.05) is 10.9 Å². The molecule has 0 saturated carbocycles. The maximum atomic E-state index is 12.2. The largest absolute Gasteiger partial charge is 0.490 e. The van der Waals surface area contributed by atoms with Crippen LogP contribution in [0.1, 0.15) is 38.7 Å². The van der Waals surface area contributed by atoms with Gasteiger partial charge in [-0.05, 0) is 47.0 Å². The van der Waals surface area contributed by atoms with Crippen LogP contribution in [-0.4, -0.2) is 36.1 Å². The number of thioether (sulfide) groups is 1. The summed E-state index contributed by atoms with van der Waals surface area (Å²) < 4.78 is 13.3. The van der Waals surface area contributed by atoms with Crippen molar-refractivity contribution in [2.75, 3.05) is 19.0 Å². The first-order valence-corrected chi connectivity index (χ1v) is 13.8. The zero-order valence-corrected chi connectivity index (χ0v) is 22.5. The number of halogens is 1. The van der Waals surface area contributed by atoms with Crippen LogP contribution in [-0.2, 0) is 4.79 Å². The molecule has 180 valence electrons. The molecule has 3 rings (SSSR count). The number of rotatable bonds is 13. The van der Waals surface area contributed by atoms with Crippen molar-refractivity contribution in [2.45, 2.75) is 37.4 Å². The number of ether oxygens (including phenoxy) is 2. The monoisotopic (exact) mass is 561 g/mol. The maximum Gasteiger partial charge on any atom is 0.250 e. The molecule has 2 aromatic carbocycles. The van der Waals surface area contributed by atoms with Crippen molar-refractivity contribution in [1.82, 2.24) is 10.4 Å². The fourth-order valence-corrected chi connectivity index (χ4v) is 5.20. The Balaban J connectivity index is 1.53. The van der Waals surface area contributed by atoms with Gasteiger partial charge < -0.3 is 9.47 Å². The number of unbranched alkanes of at least 4 members (excludes halogenated alkanes) is 2. The summed E-state index contributed by atoms with van der Waals surface area (Å²) in [7, 11) is 0. The van der Waals surface area contributed by atoms with E-state index < -0.39 is 0 Å². The lowest BCUT2D eigenvalue weighted by Gasteiger charge is -2.14. The normalized spacial score (nSPS) is 11.0. The van der Waals surface area contributed by atoms with E-state index >= 15 is 0 Å². The Morgan fingerprint density at radius 3 is 2.79 bits per heavy atom. The molecule has 0 aliphatic carbocycles. The van der Waals surface area contributed by atoms with Crippen molar-refractivity contribution in [1.29, 1.82) is 0 Å². The number of nitrogens with zero attached hydrogens (tertiary/aromatic N) is 2. The van der Waals surface area contributed by atoms with Crippen LogP contribution in [0.25, 0.3) is 11.3 Å². The summed E-state index contributed by atoms with van der Waals surface area (Å²) in [6.45, 7) is 5.25. The van der Waals surface area contributed by atoms with Gasteiger partial charge in [0.2, 0.25) is 0 Å². The van der Waals surface area contributed by atoms with Crippen LogP contribution in [0.3, 0.4) is 0 Å². The highest BCUT2D eigenvalue weighted by molar-refractivity contribution is 9.10. The minimum absolute atomic E-state index is 0.197. The number of amides is 1. The molecule has 0 bridgehead atoms. The first-order chi connectivity index (χ1) is 16.6. The average Bonchev–Trinajstić information content (AvgIpc) is 3.32.